The molecule has 3 aliphatic heterocycles. The van der Waals surface area contributed by atoms with Crippen LogP contribution in [0.4, 0.5) is 14.6 Å². The molecule has 4 heterocycles. The van der Waals surface area contributed by atoms with Crippen LogP contribution in [0.15, 0.2) is 12.3 Å². The summed E-state index contributed by atoms with van der Waals surface area (Å²) >= 11 is 6.27. The molecule has 1 aromatic rings. The van der Waals surface area contributed by atoms with Gasteiger partial charge in [-0.1, -0.05) is 11.6 Å². The molecule has 7 nitrogen and oxygen atoms in total. The Bertz CT molecular complexity index is 823. The number of nitriles is 1. The van der Waals surface area contributed by atoms with Gasteiger partial charge in [0.2, 0.25) is 5.91 Å². The van der Waals surface area contributed by atoms with Crippen LogP contribution < -0.4 is 10.2 Å². The second-order valence-electron chi connectivity index (χ2n) is 7.88. The Balaban J connectivity index is 1.30. The van der Waals surface area contributed by atoms with Crippen LogP contribution >= 0.6 is 11.6 Å². The van der Waals surface area contributed by atoms with Crippen LogP contribution in [0, 0.1) is 11.3 Å². The lowest BCUT2D eigenvalue weighted by molar-refractivity contribution is -0.133. The molecule has 4 rings (SSSR count). The summed E-state index contributed by atoms with van der Waals surface area (Å²) in [5, 5.41) is 12.6. The average Bonchev–Trinajstić information content (AvgIpc) is 3.34. The predicted molar refractivity (Wildman–Crippen MR) is 104 cm³/mol. The van der Waals surface area contributed by atoms with Crippen molar-refractivity contribution in [2.45, 2.75) is 30.8 Å². The first-order valence-electron chi connectivity index (χ1n) is 9.81. The van der Waals surface area contributed by atoms with E-state index in [1.54, 1.807) is 6.07 Å². The number of amides is 1. The molecule has 0 aliphatic carbocycles. The van der Waals surface area contributed by atoms with E-state index in [1.807, 2.05) is 6.07 Å². The third-order valence-electron chi connectivity index (χ3n) is 5.97. The van der Waals surface area contributed by atoms with Crippen molar-refractivity contribution in [2.75, 3.05) is 50.7 Å². The molecular formula is C19H23ClF2N6O. The lowest BCUT2D eigenvalue weighted by Crippen LogP contribution is -2.51. The number of pyridine rings is 1. The van der Waals surface area contributed by atoms with E-state index in [0.29, 0.717) is 29.4 Å². The summed E-state index contributed by atoms with van der Waals surface area (Å²) in [5.41, 5.74) is 0.431. The van der Waals surface area contributed by atoms with Crippen molar-refractivity contribution in [1.82, 2.24) is 20.1 Å². The topological polar surface area (TPSA) is 75.5 Å². The molecule has 29 heavy (non-hydrogen) atoms. The number of carbonyl (C=O) groups is 1. The minimum Gasteiger partial charge on any atom is -0.353 e. The van der Waals surface area contributed by atoms with Crippen LogP contribution in [0.1, 0.15) is 18.4 Å². The highest BCUT2D eigenvalue weighted by molar-refractivity contribution is 6.33. The van der Waals surface area contributed by atoms with E-state index in [4.69, 9.17) is 16.9 Å². The Morgan fingerprint density at radius 3 is 2.69 bits per heavy atom. The summed E-state index contributed by atoms with van der Waals surface area (Å²) in [6.07, 6.45) is 1.91. The number of anilines is 1. The molecule has 1 aromatic heterocycles. The molecule has 0 bridgehead atoms. The normalized spacial score (nSPS) is 27.2. The van der Waals surface area contributed by atoms with E-state index >= 15 is 0 Å². The van der Waals surface area contributed by atoms with E-state index in [9.17, 15) is 13.6 Å². The fourth-order valence-electron chi connectivity index (χ4n) is 4.35. The molecule has 0 aromatic carbocycles. The SMILES string of the molecule is N#Cc1cnc(N2CCN([C@@H]3CN[C@H](C(=O)N4CCC(F)(F)C4)C3)CC2)c(Cl)c1. The van der Waals surface area contributed by atoms with Crippen molar-refractivity contribution in [2.24, 2.45) is 0 Å². The third-order valence-corrected chi connectivity index (χ3v) is 6.25. The van der Waals surface area contributed by atoms with E-state index in [1.165, 1.54) is 11.1 Å². The molecule has 0 saturated carbocycles. The molecule has 0 radical (unpaired) electrons. The molecule has 2 atom stereocenters. The Labute approximate surface area is 173 Å². The minimum atomic E-state index is -2.76. The molecule has 1 amide bonds. The Morgan fingerprint density at radius 1 is 1.31 bits per heavy atom. The Kier molecular flexibility index (Phi) is 5.60. The number of halogens is 3. The van der Waals surface area contributed by atoms with Crippen molar-refractivity contribution >= 4 is 23.3 Å². The Morgan fingerprint density at radius 2 is 2.07 bits per heavy atom. The zero-order chi connectivity index (χ0) is 20.6. The highest BCUT2D eigenvalue weighted by atomic mass is 35.5. The van der Waals surface area contributed by atoms with Crippen molar-refractivity contribution in [3.05, 3.63) is 22.8 Å². The van der Waals surface area contributed by atoms with Gasteiger partial charge in [-0.2, -0.15) is 5.26 Å². The van der Waals surface area contributed by atoms with Gasteiger partial charge in [-0.15, -0.1) is 0 Å². The van der Waals surface area contributed by atoms with Gasteiger partial charge in [-0.25, -0.2) is 13.8 Å². The van der Waals surface area contributed by atoms with Crippen LogP contribution in [-0.2, 0) is 4.79 Å². The molecular weight excluding hydrogens is 402 g/mol. The van der Waals surface area contributed by atoms with Crippen LogP contribution in [0.2, 0.25) is 5.02 Å². The molecule has 3 saturated heterocycles. The number of likely N-dealkylation sites (tertiary alicyclic amines) is 1. The van der Waals surface area contributed by atoms with Gasteiger partial charge in [0.1, 0.15) is 11.9 Å². The van der Waals surface area contributed by atoms with Gasteiger partial charge in [-0.05, 0) is 12.5 Å². The fraction of sp³-hybridized carbons (Fsp3) is 0.632. The van der Waals surface area contributed by atoms with Gasteiger partial charge in [0, 0.05) is 57.9 Å². The molecule has 3 fully saturated rings. The Hall–Kier alpha value is -2.02. The number of alkyl halides is 2. The summed E-state index contributed by atoms with van der Waals surface area (Å²) in [5.74, 6) is -2.29. The van der Waals surface area contributed by atoms with Gasteiger partial charge >= 0.3 is 0 Å². The zero-order valence-electron chi connectivity index (χ0n) is 16.0. The van der Waals surface area contributed by atoms with Gasteiger partial charge in [0.25, 0.3) is 5.92 Å². The predicted octanol–water partition coefficient (Wildman–Crippen LogP) is 1.33. The maximum Gasteiger partial charge on any atom is 0.267 e. The smallest absolute Gasteiger partial charge is 0.267 e. The second-order valence-corrected chi connectivity index (χ2v) is 8.29. The fourth-order valence-corrected chi connectivity index (χ4v) is 4.64. The second kappa shape index (κ2) is 8.01. The van der Waals surface area contributed by atoms with E-state index in [-0.39, 0.29) is 31.0 Å². The first-order valence-corrected chi connectivity index (χ1v) is 10.2. The number of carbonyl (C=O) groups excluding carboxylic acids is 1. The van der Waals surface area contributed by atoms with Gasteiger partial charge in [0.15, 0.2) is 0 Å². The molecule has 0 unspecified atom stereocenters. The van der Waals surface area contributed by atoms with Crippen LogP contribution in [0.5, 0.6) is 0 Å². The first-order chi connectivity index (χ1) is 13.9. The van der Waals surface area contributed by atoms with Crippen LogP contribution in [-0.4, -0.2) is 84.5 Å². The van der Waals surface area contributed by atoms with E-state index in [2.05, 4.69) is 20.1 Å². The van der Waals surface area contributed by atoms with E-state index < -0.39 is 12.5 Å². The minimum absolute atomic E-state index is 0.131. The number of hydrogen-bond donors (Lipinski definition) is 1. The van der Waals surface area contributed by atoms with Gasteiger partial charge < -0.3 is 15.1 Å². The molecule has 3 aliphatic rings. The highest BCUT2D eigenvalue weighted by Gasteiger charge is 2.43. The number of nitrogens with one attached hydrogen (secondary N) is 1. The van der Waals surface area contributed by atoms with Gasteiger partial charge in [-0.3, -0.25) is 9.69 Å². The van der Waals surface area contributed by atoms with Gasteiger partial charge in [0.05, 0.1) is 23.2 Å². The summed E-state index contributed by atoms with van der Waals surface area (Å²) in [6.45, 7) is 3.42. The third kappa shape index (κ3) is 4.29. The number of piperazine rings is 1. The molecule has 1 N–H and O–H groups in total. The van der Waals surface area contributed by atoms with Crippen LogP contribution in [0.3, 0.4) is 0 Å². The lowest BCUT2D eigenvalue weighted by Gasteiger charge is -2.38. The average molecular weight is 425 g/mol. The maximum absolute atomic E-state index is 13.4. The molecule has 156 valence electrons. The maximum atomic E-state index is 13.4. The number of rotatable bonds is 3. The quantitative estimate of drug-likeness (QED) is 0.789. The molecule has 10 heteroatoms. The number of hydrogen-bond acceptors (Lipinski definition) is 6. The zero-order valence-corrected chi connectivity index (χ0v) is 16.7. The van der Waals surface area contributed by atoms with Crippen molar-refractivity contribution in [3.8, 4) is 6.07 Å². The lowest BCUT2D eigenvalue weighted by atomic mass is 10.1. The van der Waals surface area contributed by atoms with E-state index in [0.717, 1.165) is 26.2 Å². The summed E-state index contributed by atoms with van der Waals surface area (Å²) in [6, 6.07) is 3.47. The monoisotopic (exact) mass is 424 g/mol. The standard InChI is InChI=1S/C19H23ClF2N6O/c20-15-7-13(9-23)10-25-17(15)27-5-3-26(4-6-27)14-8-16(24-11-14)18(29)28-2-1-19(21,22)12-28/h7,10,14,16,24H,1-6,8,11-12H2/t14-,16-/m0/s1. The summed E-state index contributed by atoms with van der Waals surface area (Å²) in [7, 11) is 0. The summed E-state index contributed by atoms with van der Waals surface area (Å²) in [4.78, 5) is 22.6. The molecule has 0 spiro atoms. The van der Waals surface area contributed by atoms with Crippen molar-refractivity contribution < 1.29 is 13.6 Å². The summed E-state index contributed by atoms with van der Waals surface area (Å²) < 4.78 is 26.8. The number of nitrogens with zero attached hydrogens (tertiary/aromatic N) is 5. The van der Waals surface area contributed by atoms with Crippen molar-refractivity contribution in [3.63, 3.8) is 0 Å². The van der Waals surface area contributed by atoms with Crippen molar-refractivity contribution in [1.29, 1.82) is 5.26 Å². The number of aromatic nitrogens is 1. The highest BCUT2D eigenvalue weighted by Crippen LogP contribution is 2.29. The first kappa shape index (κ1) is 20.3. The largest absolute Gasteiger partial charge is 0.353 e. The van der Waals surface area contributed by atoms with Crippen LogP contribution in [0.25, 0.3) is 0 Å².